The summed E-state index contributed by atoms with van der Waals surface area (Å²) in [5, 5.41) is 0. The lowest BCUT2D eigenvalue weighted by Gasteiger charge is -2.30. The number of hydrogen-bond donors (Lipinski definition) is 0. The number of carbonyl (C=O) groups excluding carboxylic acids is 1. The van der Waals surface area contributed by atoms with Crippen LogP contribution in [0.1, 0.15) is 55.4 Å². The minimum Gasteiger partial charge on any atom is -0.497 e. The van der Waals surface area contributed by atoms with Crippen LogP contribution in [0.4, 0.5) is 0 Å². The Hall–Kier alpha value is -1.74. The van der Waals surface area contributed by atoms with E-state index in [4.69, 9.17) is 4.74 Å². The molecule has 0 heterocycles. The molecule has 2 nitrogen and oxygen atoms in total. The van der Waals surface area contributed by atoms with Gasteiger partial charge in [-0.2, -0.15) is 0 Å². The van der Waals surface area contributed by atoms with E-state index in [2.05, 4.69) is 58.0 Å². The Balaban J connectivity index is 2.13. The number of carbonyl (C=O) groups is 1. The molecule has 140 valence electrons. The molecule has 0 aliphatic rings. The summed E-state index contributed by atoms with van der Waals surface area (Å²) < 4.78 is 4.82. The average molecular weight is 371 g/mol. The van der Waals surface area contributed by atoms with Gasteiger partial charge in [0.25, 0.3) is 0 Å². The summed E-state index contributed by atoms with van der Waals surface area (Å²) >= 11 is 1.74. The summed E-state index contributed by atoms with van der Waals surface area (Å²) in [7, 11) is 1.67. The first-order chi connectivity index (χ1) is 12.3. The highest BCUT2D eigenvalue weighted by atomic mass is 32.2. The molecule has 0 aliphatic carbocycles. The number of aryl methyl sites for hydroxylation is 2. The Morgan fingerprint density at radius 1 is 1.15 bits per heavy atom. The summed E-state index contributed by atoms with van der Waals surface area (Å²) in [5.41, 5.74) is 4.79. The second-order valence-corrected chi connectivity index (χ2v) is 8.65. The minimum absolute atomic E-state index is 0.0936. The van der Waals surface area contributed by atoms with Crippen LogP contribution in [0.3, 0.4) is 0 Å². The molecule has 0 bridgehead atoms. The zero-order valence-electron chi connectivity index (χ0n) is 16.8. The summed E-state index contributed by atoms with van der Waals surface area (Å²) in [4.78, 5) is 13.3. The fourth-order valence-electron chi connectivity index (χ4n) is 3.22. The highest BCUT2D eigenvalue weighted by Crippen LogP contribution is 2.38. The van der Waals surface area contributed by atoms with E-state index >= 15 is 0 Å². The van der Waals surface area contributed by atoms with Crippen LogP contribution in [0.25, 0.3) is 0 Å². The smallest absolute Gasteiger partial charge is 0.155 e. The molecule has 0 saturated heterocycles. The van der Waals surface area contributed by atoms with Crippen molar-refractivity contribution in [1.82, 2.24) is 0 Å². The van der Waals surface area contributed by atoms with Crippen molar-refractivity contribution < 1.29 is 9.53 Å². The van der Waals surface area contributed by atoms with Crippen molar-refractivity contribution >= 4 is 17.5 Å². The van der Waals surface area contributed by atoms with Crippen molar-refractivity contribution in [3.63, 3.8) is 0 Å². The number of Topliss-reactive ketones (excluding diaryl/α,β-unsaturated/α-hetero) is 1. The lowest BCUT2D eigenvalue weighted by Crippen LogP contribution is -2.35. The van der Waals surface area contributed by atoms with Crippen molar-refractivity contribution in [2.75, 3.05) is 7.11 Å². The van der Waals surface area contributed by atoms with Crippen LogP contribution in [-0.4, -0.2) is 17.6 Å². The molecule has 2 aromatic rings. The third kappa shape index (κ3) is 4.70. The van der Waals surface area contributed by atoms with Crippen LogP contribution < -0.4 is 4.74 Å². The van der Waals surface area contributed by atoms with Crippen LogP contribution in [0, 0.1) is 13.8 Å². The molecule has 0 aromatic heterocycles. The Kier molecular flexibility index (Phi) is 6.94. The Bertz CT molecular complexity index is 751. The second-order valence-electron chi connectivity index (χ2n) is 7.17. The van der Waals surface area contributed by atoms with Gasteiger partial charge in [-0.15, -0.1) is 11.8 Å². The number of rotatable bonds is 8. The Morgan fingerprint density at radius 3 is 2.35 bits per heavy atom. The highest BCUT2D eigenvalue weighted by molar-refractivity contribution is 8.00. The van der Waals surface area contributed by atoms with Crippen molar-refractivity contribution in [3.05, 3.63) is 64.7 Å². The van der Waals surface area contributed by atoms with Crippen molar-refractivity contribution in [1.29, 1.82) is 0 Å². The molecule has 0 spiro atoms. The molecule has 0 saturated carbocycles. The predicted molar refractivity (Wildman–Crippen MR) is 112 cm³/mol. The van der Waals surface area contributed by atoms with Gasteiger partial charge in [0.05, 0.1) is 11.9 Å². The number of hydrogen-bond acceptors (Lipinski definition) is 3. The maximum absolute atomic E-state index is 13.3. The van der Waals surface area contributed by atoms with E-state index in [1.807, 2.05) is 19.1 Å². The maximum Gasteiger partial charge on any atom is 0.155 e. The number of ether oxygens (including phenoxy) is 1. The molecule has 2 aromatic carbocycles. The van der Waals surface area contributed by atoms with Gasteiger partial charge in [-0.1, -0.05) is 49.7 Å². The quantitative estimate of drug-likeness (QED) is 0.563. The maximum atomic E-state index is 13.3. The fourth-order valence-corrected chi connectivity index (χ4v) is 4.42. The molecule has 0 amide bonds. The fraction of sp³-hybridized carbons (Fsp3) is 0.435. The largest absolute Gasteiger partial charge is 0.497 e. The molecular weight excluding hydrogens is 340 g/mol. The van der Waals surface area contributed by atoms with Crippen LogP contribution in [0.5, 0.6) is 5.75 Å². The normalized spacial score (nSPS) is 14.5. The van der Waals surface area contributed by atoms with Crippen molar-refractivity contribution in [3.8, 4) is 5.75 Å². The molecule has 2 atom stereocenters. The van der Waals surface area contributed by atoms with E-state index in [1.54, 1.807) is 18.9 Å². The van der Waals surface area contributed by atoms with Gasteiger partial charge in [-0.25, -0.2) is 0 Å². The van der Waals surface area contributed by atoms with Gasteiger partial charge in [0.15, 0.2) is 5.78 Å². The summed E-state index contributed by atoms with van der Waals surface area (Å²) in [6.45, 7) is 10.4. The summed E-state index contributed by atoms with van der Waals surface area (Å²) in [5.74, 6) is 1.89. The first kappa shape index (κ1) is 20.6. The first-order valence-electron chi connectivity index (χ1n) is 9.19. The lowest BCUT2D eigenvalue weighted by atomic mass is 9.85. The number of thioether (sulfide) groups is 1. The molecule has 0 aliphatic heterocycles. The van der Waals surface area contributed by atoms with Crippen LogP contribution >= 0.6 is 11.8 Å². The van der Waals surface area contributed by atoms with E-state index in [0.29, 0.717) is 5.78 Å². The van der Waals surface area contributed by atoms with Gasteiger partial charge in [0.1, 0.15) is 5.75 Å². The monoisotopic (exact) mass is 370 g/mol. The second kappa shape index (κ2) is 8.77. The standard InChI is InChI=1S/C23H30O2S/c1-7-23(5,26-15-19-9-11-20(25-6)12-10-19)22(24)18(4)21-13-8-16(2)14-17(21)3/h8-14,18H,7,15H2,1-6H3. The molecule has 0 N–H and O–H groups in total. The van der Waals surface area contributed by atoms with E-state index in [0.717, 1.165) is 23.5 Å². The van der Waals surface area contributed by atoms with Crippen molar-refractivity contribution in [2.45, 2.75) is 57.5 Å². The van der Waals surface area contributed by atoms with Gasteiger partial charge >= 0.3 is 0 Å². The zero-order chi connectivity index (χ0) is 19.3. The molecule has 2 unspecified atom stereocenters. The zero-order valence-corrected chi connectivity index (χ0v) is 17.6. The van der Waals surface area contributed by atoms with E-state index in [-0.39, 0.29) is 5.92 Å². The lowest BCUT2D eigenvalue weighted by molar-refractivity contribution is -0.122. The number of ketones is 1. The topological polar surface area (TPSA) is 26.3 Å². The first-order valence-corrected chi connectivity index (χ1v) is 10.2. The van der Waals surface area contributed by atoms with Crippen molar-refractivity contribution in [2.24, 2.45) is 0 Å². The molecule has 2 rings (SSSR count). The highest BCUT2D eigenvalue weighted by Gasteiger charge is 2.35. The third-order valence-electron chi connectivity index (χ3n) is 5.20. The van der Waals surface area contributed by atoms with Gasteiger partial charge in [0, 0.05) is 11.7 Å². The molecule has 26 heavy (non-hydrogen) atoms. The van der Waals surface area contributed by atoms with Gasteiger partial charge in [-0.3, -0.25) is 4.79 Å². The Labute approximate surface area is 162 Å². The predicted octanol–water partition coefficient (Wildman–Crippen LogP) is 6.09. The van der Waals surface area contributed by atoms with E-state index in [1.165, 1.54) is 16.7 Å². The van der Waals surface area contributed by atoms with E-state index < -0.39 is 4.75 Å². The number of methoxy groups -OCH3 is 1. The Morgan fingerprint density at radius 2 is 1.81 bits per heavy atom. The number of benzene rings is 2. The molecule has 3 heteroatoms. The molecular formula is C23H30O2S. The van der Waals surface area contributed by atoms with Gasteiger partial charge in [0.2, 0.25) is 0 Å². The molecule has 0 fully saturated rings. The SMILES string of the molecule is CCC(C)(SCc1ccc(OC)cc1)C(=O)C(C)c1ccc(C)cc1C. The summed E-state index contributed by atoms with van der Waals surface area (Å²) in [6.07, 6.45) is 0.821. The van der Waals surface area contributed by atoms with Gasteiger partial charge in [-0.05, 0) is 56.0 Å². The third-order valence-corrected chi connectivity index (χ3v) is 6.80. The average Bonchev–Trinajstić information content (AvgIpc) is 2.65. The van der Waals surface area contributed by atoms with Crippen LogP contribution in [0.15, 0.2) is 42.5 Å². The minimum atomic E-state index is -0.392. The van der Waals surface area contributed by atoms with E-state index in [9.17, 15) is 4.79 Å². The van der Waals surface area contributed by atoms with Crippen LogP contribution in [-0.2, 0) is 10.5 Å². The van der Waals surface area contributed by atoms with Crippen LogP contribution in [0.2, 0.25) is 0 Å². The van der Waals surface area contributed by atoms with Gasteiger partial charge < -0.3 is 4.74 Å². The molecule has 0 radical (unpaired) electrons. The summed E-state index contributed by atoms with van der Waals surface area (Å²) in [6, 6.07) is 14.4.